The van der Waals surface area contributed by atoms with Gasteiger partial charge in [-0.25, -0.2) is 0 Å². The molecule has 0 N–H and O–H groups in total. The highest BCUT2D eigenvalue weighted by Gasteiger charge is 2.18. The van der Waals surface area contributed by atoms with Gasteiger partial charge >= 0.3 is 0 Å². The molecule has 90 valence electrons. The second-order valence-electron chi connectivity index (χ2n) is 4.80. The molecule has 0 radical (unpaired) electrons. The topological polar surface area (TPSA) is 33.0 Å². The van der Waals surface area contributed by atoms with Crippen LogP contribution in [0.15, 0.2) is 24.8 Å². The Labute approximate surface area is 107 Å². The molecule has 0 aliphatic rings. The van der Waals surface area contributed by atoms with E-state index in [1.165, 1.54) is 0 Å². The lowest BCUT2D eigenvalue weighted by Gasteiger charge is -2.20. The van der Waals surface area contributed by atoms with E-state index in [4.69, 9.17) is 21.6 Å². The molecule has 3 heteroatoms. The molecule has 0 spiro atoms. The molecule has 0 bridgehead atoms. The van der Waals surface area contributed by atoms with Crippen LogP contribution < -0.4 is 4.74 Å². The summed E-state index contributed by atoms with van der Waals surface area (Å²) in [5.74, 6) is 0.432. The van der Waals surface area contributed by atoms with Gasteiger partial charge in [0.05, 0.1) is 10.6 Å². The van der Waals surface area contributed by atoms with E-state index >= 15 is 0 Å². The van der Waals surface area contributed by atoms with Crippen LogP contribution in [0.25, 0.3) is 0 Å². The van der Waals surface area contributed by atoms with Crippen LogP contribution in [0, 0.1) is 11.3 Å². The van der Waals surface area contributed by atoms with Crippen molar-refractivity contribution in [1.82, 2.24) is 0 Å². The fraction of sp³-hybridized carbons (Fsp3) is 0.357. The minimum absolute atomic E-state index is 0.0494. The third kappa shape index (κ3) is 3.25. The van der Waals surface area contributed by atoms with Gasteiger partial charge in [0.25, 0.3) is 0 Å². The van der Waals surface area contributed by atoms with Crippen molar-refractivity contribution < 1.29 is 4.74 Å². The summed E-state index contributed by atoms with van der Waals surface area (Å²) in [5.41, 5.74) is 1.43. The molecule has 0 amide bonds. The zero-order valence-corrected chi connectivity index (χ0v) is 11.1. The molecule has 0 aromatic heterocycles. The number of benzene rings is 1. The molecular weight excluding hydrogens is 234 g/mol. The molecule has 1 aromatic carbocycles. The monoisotopic (exact) mass is 249 g/mol. The molecule has 1 rings (SSSR count). The van der Waals surface area contributed by atoms with Gasteiger partial charge in [-0.3, -0.25) is 0 Å². The summed E-state index contributed by atoms with van der Waals surface area (Å²) < 4.78 is 5.40. The Bertz CT molecular complexity index is 466. The maximum atomic E-state index is 9.12. The van der Waals surface area contributed by atoms with Crippen LogP contribution >= 0.6 is 11.6 Å². The van der Waals surface area contributed by atoms with Crippen LogP contribution in [0.2, 0.25) is 5.02 Å². The van der Waals surface area contributed by atoms with Crippen LogP contribution in [-0.2, 0) is 5.41 Å². The van der Waals surface area contributed by atoms with Crippen LogP contribution in [0.5, 0.6) is 5.75 Å². The summed E-state index contributed by atoms with van der Waals surface area (Å²) in [7, 11) is 0. The number of rotatable bonds is 3. The maximum absolute atomic E-state index is 9.12. The van der Waals surface area contributed by atoms with Crippen molar-refractivity contribution in [3.05, 3.63) is 40.9 Å². The Morgan fingerprint density at radius 3 is 2.59 bits per heavy atom. The standard InChI is InChI=1S/C14H16ClNO/c1-5-6-17-13-10(9-16)7-11(8-12(13)15)14(2,3)4/h5,7-8H,1,6H2,2-4H3. The Balaban J connectivity index is 3.27. The first kappa shape index (κ1) is 13.6. The molecule has 0 unspecified atom stereocenters. The van der Waals surface area contributed by atoms with Gasteiger partial charge in [0.2, 0.25) is 0 Å². The molecule has 0 aliphatic heterocycles. The van der Waals surface area contributed by atoms with Crippen molar-refractivity contribution in [2.45, 2.75) is 26.2 Å². The first-order chi connectivity index (χ1) is 7.90. The van der Waals surface area contributed by atoms with Crippen molar-refractivity contribution in [3.8, 4) is 11.8 Å². The van der Waals surface area contributed by atoms with Crippen LogP contribution in [0.3, 0.4) is 0 Å². The number of halogens is 1. The van der Waals surface area contributed by atoms with Gasteiger partial charge < -0.3 is 4.74 Å². The lowest BCUT2D eigenvalue weighted by atomic mass is 9.86. The zero-order chi connectivity index (χ0) is 13.1. The summed E-state index contributed by atoms with van der Waals surface area (Å²) in [6, 6.07) is 5.79. The third-order valence-corrected chi connectivity index (χ3v) is 2.66. The van der Waals surface area contributed by atoms with Gasteiger partial charge in [-0.05, 0) is 23.1 Å². The number of ether oxygens (including phenoxy) is 1. The first-order valence-corrected chi connectivity index (χ1v) is 5.75. The second-order valence-corrected chi connectivity index (χ2v) is 5.20. The fourth-order valence-corrected chi connectivity index (χ4v) is 1.67. The second kappa shape index (κ2) is 5.25. The molecule has 2 nitrogen and oxygen atoms in total. The van der Waals surface area contributed by atoms with Crippen LogP contribution in [-0.4, -0.2) is 6.61 Å². The lowest BCUT2D eigenvalue weighted by molar-refractivity contribution is 0.362. The zero-order valence-electron chi connectivity index (χ0n) is 10.4. The van der Waals surface area contributed by atoms with Crippen molar-refractivity contribution >= 4 is 11.6 Å². The number of nitriles is 1. The summed E-state index contributed by atoms with van der Waals surface area (Å²) in [6.07, 6.45) is 1.62. The molecule has 17 heavy (non-hydrogen) atoms. The van der Waals surface area contributed by atoms with E-state index in [9.17, 15) is 0 Å². The molecule has 1 aromatic rings. The Hall–Kier alpha value is -1.46. The normalized spacial score (nSPS) is 10.8. The highest BCUT2D eigenvalue weighted by molar-refractivity contribution is 6.32. The van der Waals surface area contributed by atoms with E-state index in [0.29, 0.717) is 22.9 Å². The summed E-state index contributed by atoms with van der Waals surface area (Å²) >= 11 is 6.14. The van der Waals surface area contributed by atoms with Crippen molar-refractivity contribution in [1.29, 1.82) is 5.26 Å². The predicted molar refractivity (Wildman–Crippen MR) is 70.6 cm³/mol. The molecule has 0 aliphatic carbocycles. The first-order valence-electron chi connectivity index (χ1n) is 5.38. The number of hydrogen-bond acceptors (Lipinski definition) is 2. The van der Waals surface area contributed by atoms with Crippen LogP contribution in [0.1, 0.15) is 31.9 Å². The molecule has 0 atom stereocenters. The van der Waals surface area contributed by atoms with E-state index in [-0.39, 0.29) is 5.41 Å². The van der Waals surface area contributed by atoms with Crippen molar-refractivity contribution in [2.24, 2.45) is 0 Å². The average molecular weight is 250 g/mol. The summed E-state index contributed by atoms with van der Waals surface area (Å²) in [6.45, 7) is 10.1. The highest BCUT2D eigenvalue weighted by atomic mass is 35.5. The molecule has 0 saturated carbocycles. The SMILES string of the molecule is C=CCOc1c(Cl)cc(C(C)(C)C)cc1C#N. The van der Waals surface area contributed by atoms with E-state index in [0.717, 1.165) is 5.56 Å². The summed E-state index contributed by atoms with van der Waals surface area (Å²) in [5, 5.41) is 9.59. The minimum atomic E-state index is -0.0494. The van der Waals surface area contributed by atoms with E-state index in [1.54, 1.807) is 6.08 Å². The van der Waals surface area contributed by atoms with E-state index in [1.807, 2.05) is 12.1 Å². The number of hydrogen-bond donors (Lipinski definition) is 0. The Kier molecular flexibility index (Phi) is 4.20. The van der Waals surface area contributed by atoms with Gasteiger partial charge in [0, 0.05) is 0 Å². The van der Waals surface area contributed by atoms with Gasteiger partial charge in [-0.15, -0.1) is 0 Å². The van der Waals surface area contributed by atoms with Crippen molar-refractivity contribution in [2.75, 3.05) is 6.61 Å². The van der Waals surface area contributed by atoms with E-state index < -0.39 is 0 Å². The number of nitrogens with zero attached hydrogens (tertiary/aromatic N) is 1. The largest absolute Gasteiger partial charge is 0.487 e. The van der Waals surface area contributed by atoms with Gasteiger partial charge in [0.15, 0.2) is 5.75 Å². The Morgan fingerprint density at radius 2 is 2.12 bits per heavy atom. The Morgan fingerprint density at radius 1 is 1.47 bits per heavy atom. The van der Waals surface area contributed by atoms with Gasteiger partial charge in [-0.1, -0.05) is 45.0 Å². The molecule has 0 fully saturated rings. The van der Waals surface area contributed by atoms with Crippen molar-refractivity contribution in [3.63, 3.8) is 0 Å². The van der Waals surface area contributed by atoms with Gasteiger partial charge in [0.1, 0.15) is 12.7 Å². The molecule has 0 heterocycles. The molecular formula is C14H16ClNO. The third-order valence-electron chi connectivity index (χ3n) is 2.38. The highest BCUT2D eigenvalue weighted by Crippen LogP contribution is 2.34. The lowest BCUT2D eigenvalue weighted by Crippen LogP contribution is -2.12. The molecule has 0 saturated heterocycles. The van der Waals surface area contributed by atoms with Crippen LogP contribution in [0.4, 0.5) is 0 Å². The quantitative estimate of drug-likeness (QED) is 0.757. The minimum Gasteiger partial charge on any atom is -0.487 e. The average Bonchev–Trinajstić information content (AvgIpc) is 2.25. The summed E-state index contributed by atoms with van der Waals surface area (Å²) in [4.78, 5) is 0. The van der Waals surface area contributed by atoms with Gasteiger partial charge in [-0.2, -0.15) is 5.26 Å². The fourth-order valence-electron chi connectivity index (χ4n) is 1.40. The smallest absolute Gasteiger partial charge is 0.156 e. The predicted octanol–water partition coefficient (Wildman–Crippen LogP) is 4.07. The van der Waals surface area contributed by atoms with E-state index in [2.05, 4.69) is 33.4 Å². The maximum Gasteiger partial charge on any atom is 0.156 e.